The van der Waals surface area contributed by atoms with Crippen LogP contribution in [0.25, 0.3) is 0 Å². The van der Waals surface area contributed by atoms with Gasteiger partial charge in [0, 0.05) is 21.8 Å². The maximum atomic E-state index is 12.4. The molecule has 0 spiro atoms. The lowest BCUT2D eigenvalue weighted by molar-refractivity contribution is 0.0953. The molecule has 0 fully saturated rings. The number of benzene rings is 1. The second-order valence-electron chi connectivity index (χ2n) is 6.03. The van der Waals surface area contributed by atoms with E-state index >= 15 is 0 Å². The first-order valence-electron chi connectivity index (χ1n) is 7.75. The molecule has 0 saturated carbocycles. The maximum absolute atomic E-state index is 12.4. The molecule has 2 aromatic rings. The van der Waals surface area contributed by atoms with Crippen molar-refractivity contribution in [3.63, 3.8) is 0 Å². The summed E-state index contributed by atoms with van der Waals surface area (Å²) < 4.78 is 0. The molecule has 1 heterocycles. The number of halogens is 1. The van der Waals surface area contributed by atoms with Crippen molar-refractivity contribution in [1.82, 2.24) is 5.32 Å². The lowest BCUT2D eigenvalue weighted by atomic mass is 9.88. The number of rotatable bonds is 4. The lowest BCUT2D eigenvalue weighted by Gasteiger charge is -2.18. The van der Waals surface area contributed by atoms with Crippen molar-refractivity contribution >= 4 is 28.8 Å². The standard InChI is InChI=1S/C18H20ClNOS/c1-12-2-7-15-16(11-22-17(15)10-12)18(21)20-9-8-13-3-5-14(19)6-4-13/h3-6,11-12H,2,7-10H2,1H3,(H,20,21)/t12-/m0/s1. The summed E-state index contributed by atoms with van der Waals surface area (Å²) in [7, 11) is 0. The third-order valence-electron chi connectivity index (χ3n) is 4.26. The minimum Gasteiger partial charge on any atom is -0.352 e. The van der Waals surface area contributed by atoms with E-state index in [1.807, 2.05) is 29.6 Å². The predicted octanol–water partition coefficient (Wildman–Crippen LogP) is 4.50. The Morgan fingerprint density at radius 2 is 2.14 bits per heavy atom. The summed E-state index contributed by atoms with van der Waals surface area (Å²) in [6, 6.07) is 7.77. The summed E-state index contributed by atoms with van der Waals surface area (Å²) in [6.45, 7) is 2.94. The van der Waals surface area contributed by atoms with E-state index in [4.69, 9.17) is 11.6 Å². The summed E-state index contributed by atoms with van der Waals surface area (Å²) in [5.41, 5.74) is 3.36. The molecule has 1 atom stereocenters. The minimum absolute atomic E-state index is 0.0704. The first-order valence-corrected chi connectivity index (χ1v) is 9.01. The van der Waals surface area contributed by atoms with Crippen LogP contribution >= 0.6 is 22.9 Å². The molecular weight excluding hydrogens is 314 g/mol. The van der Waals surface area contributed by atoms with Crippen molar-refractivity contribution in [3.05, 3.63) is 56.2 Å². The molecular formula is C18H20ClNOS. The predicted molar refractivity (Wildman–Crippen MR) is 93.0 cm³/mol. The van der Waals surface area contributed by atoms with Crippen molar-refractivity contribution in [1.29, 1.82) is 0 Å². The maximum Gasteiger partial charge on any atom is 0.252 e. The summed E-state index contributed by atoms with van der Waals surface area (Å²) in [6.07, 6.45) is 4.18. The van der Waals surface area contributed by atoms with Gasteiger partial charge in [0.25, 0.3) is 5.91 Å². The van der Waals surface area contributed by atoms with Gasteiger partial charge in [0.2, 0.25) is 0 Å². The smallest absolute Gasteiger partial charge is 0.252 e. The van der Waals surface area contributed by atoms with Gasteiger partial charge in [-0.3, -0.25) is 4.79 Å². The van der Waals surface area contributed by atoms with Gasteiger partial charge in [0.05, 0.1) is 5.56 Å². The largest absolute Gasteiger partial charge is 0.352 e. The van der Waals surface area contributed by atoms with Gasteiger partial charge < -0.3 is 5.32 Å². The molecule has 0 unspecified atom stereocenters. The van der Waals surface area contributed by atoms with Crippen LogP contribution in [0.4, 0.5) is 0 Å². The highest BCUT2D eigenvalue weighted by atomic mass is 35.5. The number of fused-ring (bicyclic) bond motifs is 1. The molecule has 0 aliphatic heterocycles. The third-order valence-corrected chi connectivity index (χ3v) is 5.56. The van der Waals surface area contributed by atoms with Crippen LogP contribution in [0.15, 0.2) is 29.6 Å². The van der Waals surface area contributed by atoms with Gasteiger partial charge in [-0.05, 0) is 54.9 Å². The normalized spacial score (nSPS) is 17.1. The minimum atomic E-state index is 0.0704. The number of carbonyl (C=O) groups excluding carboxylic acids is 1. The zero-order chi connectivity index (χ0) is 15.5. The summed E-state index contributed by atoms with van der Waals surface area (Å²) >= 11 is 7.61. The SMILES string of the molecule is C[C@H]1CCc2c(C(=O)NCCc3ccc(Cl)cc3)csc2C1. The van der Waals surface area contributed by atoms with Crippen molar-refractivity contribution in [2.24, 2.45) is 5.92 Å². The van der Waals surface area contributed by atoms with Gasteiger partial charge in [-0.25, -0.2) is 0 Å². The summed E-state index contributed by atoms with van der Waals surface area (Å²) in [5, 5.41) is 5.81. The monoisotopic (exact) mass is 333 g/mol. The highest BCUT2D eigenvalue weighted by molar-refractivity contribution is 7.10. The van der Waals surface area contributed by atoms with Crippen molar-refractivity contribution in [3.8, 4) is 0 Å². The lowest BCUT2D eigenvalue weighted by Crippen LogP contribution is -2.26. The van der Waals surface area contributed by atoms with Gasteiger partial charge in [-0.2, -0.15) is 0 Å². The Morgan fingerprint density at radius 3 is 2.91 bits per heavy atom. The molecule has 1 aliphatic carbocycles. The van der Waals surface area contributed by atoms with E-state index in [2.05, 4.69) is 12.2 Å². The molecule has 22 heavy (non-hydrogen) atoms. The average Bonchev–Trinajstić information content (AvgIpc) is 2.92. The molecule has 4 heteroatoms. The zero-order valence-corrected chi connectivity index (χ0v) is 14.3. The third kappa shape index (κ3) is 3.53. The first kappa shape index (κ1) is 15.6. The molecule has 1 aliphatic rings. The Labute approximate surface area is 140 Å². The van der Waals surface area contributed by atoms with Gasteiger partial charge in [0.1, 0.15) is 0 Å². The Hall–Kier alpha value is -1.32. The number of hydrogen-bond acceptors (Lipinski definition) is 2. The number of amides is 1. The Balaban J connectivity index is 1.57. The highest BCUT2D eigenvalue weighted by Crippen LogP contribution is 2.32. The Morgan fingerprint density at radius 1 is 1.36 bits per heavy atom. The molecule has 1 aromatic carbocycles. The summed E-state index contributed by atoms with van der Waals surface area (Å²) in [4.78, 5) is 13.8. The number of hydrogen-bond donors (Lipinski definition) is 1. The molecule has 1 aromatic heterocycles. The molecule has 0 bridgehead atoms. The van der Waals surface area contributed by atoms with Gasteiger partial charge in [0.15, 0.2) is 0 Å². The van der Waals surface area contributed by atoms with Gasteiger partial charge >= 0.3 is 0 Å². The zero-order valence-electron chi connectivity index (χ0n) is 12.7. The van der Waals surface area contributed by atoms with Crippen molar-refractivity contribution in [2.45, 2.75) is 32.6 Å². The van der Waals surface area contributed by atoms with E-state index in [0.717, 1.165) is 35.8 Å². The molecule has 2 nitrogen and oxygen atoms in total. The van der Waals surface area contributed by atoms with E-state index in [9.17, 15) is 4.79 Å². The second-order valence-corrected chi connectivity index (χ2v) is 7.43. The van der Waals surface area contributed by atoms with Crippen LogP contribution in [0.1, 0.15) is 39.7 Å². The highest BCUT2D eigenvalue weighted by Gasteiger charge is 2.22. The number of nitrogens with one attached hydrogen (secondary N) is 1. The van der Waals surface area contributed by atoms with Crippen molar-refractivity contribution < 1.29 is 4.79 Å². The van der Waals surface area contributed by atoms with E-state index in [1.165, 1.54) is 22.4 Å². The van der Waals surface area contributed by atoms with Crippen LogP contribution in [-0.2, 0) is 19.3 Å². The van der Waals surface area contributed by atoms with E-state index in [0.29, 0.717) is 6.54 Å². The average molecular weight is 334 g/mol. The first-order chi connectivity index (χ1) is 10.6. The topological polar surface area (TPSA) is 29.1 Å². The van der Waals surface area contributed by atoms with Crippen LogP contribution in [0.3, 0.4) is 0 Å². The van der Waals surface area contributed by atoms with Gasteiger partial charge in [-0.1, -0.05) is 30.7 Å². The van der Waals surface area contributed by atoms with Gasteiger partial charge in [-0.15, -0.1) is 11.3 Å². The molecule has 0 saturated heterocycles. The molecule has 3 rings (SSSR count). The van der Waals surface area contributed by atoms with Crippen molar-refractivity contribution in [2.75, 3.05) is 6.54 Å². The van der Waals surface area contributed by atoms with Crippen LogP contribution in [0.5, 0.6) is 0 Å². The van der Waals surface area contributed by atoms with E-state index < -0.39 is 0 Å². The molecule has 0 radical (unpaired) electrons. The molecule has 1 amide bonds. The second kappa shape index (κ2) is 6.84. The molecule has 1 N–H and O–H groups in total. The van der Waals surface area contributed by atoms with E-state index in [-0.39, 0.29) is 5.91 Å². The summed E-state index contributed by atoms with van der Waals surface area (Å²) in [5.74, 6) is 0.813. The fourth-order valence-electron chi connectivity index (χ4n) is 2.93. The molecule has 116 valence electrons. The Kier molecular flexibility index (Phi) is 4.84. The van der Waals surface area contributed by atoms with Crippen LogP contribution in [-0.4, -0.2) is 12.5 Å². The fraction of sp³-hybridized carbons (Fsp3) is 0.389. The van der Waals surface area contributed by atoms with Crippen LogP contribution in [0.2, 0.25) is 5.02 Å². The number of carbonyl (C=O) groups is 1. The van der Waals surface area contributed by atoms with Crippen LogP contribution in [0, 0.1) is 5.92 Å². The number of thiophene rings is 1. The Bertz CT molecular complexity index is 662. The van der Waals surface area contributed by atoms with Crippen LogP contribution < -0.4 is 5.32 Å². The van der Waals surface area contributed by atoms with E-state index in [1.54, 1.807) is 11.3 Å². The fourth-order valence-corrected chi connectivity index (χ4v) is 4.30. The quantitative estimate of drug-likeness (QED) is 0.877.